The van der Waals surface area contributed by atoms with Crippen molar-refractivity contribution in [3.63, 3.8) is 0 Å². The SMILES string of the molecule is O=C1c2cccc3cccc(c23)C(=O)[N+]1(c1ccccc1)c1ccccc1. The predicted octanol–water partition coefficient (Wildman–Crippen LogP) is 5.47. The third kappa shape index (κ3) is 2.00. The number of rotatable bonds is 2. The van der Waals surface area contributed by atoms with Gasteiger partial charge >= 0.3 is 11.8 Å². The summed E-state index contributed by atoms with van der Waals surface area (Å²) in [5.74, 6) is -0.441. The number of para-hydroxylation sites is 2. The second-order valence-electron chi connectivity index (χ2n) is 6.66. The zero-order chi connectivity index (χ0) is 18.4. The Morgan fingerprint density at radius 3 is 1.37 bits per heavy atom. The molecule has 0 N–H and O–H groups in total. The third-order valence-corrected chi connectivity index (χ3v) is 5.26. The van der Waals surface area contributed by atoms with Gasteiger partial charge in [0.15, 0.2) is 11.4 Å². The van der Waals surface area contributed by atoms with Crippen molar-refractivity contribution in [3.05, 3.63) is 108 Å². The van der Waals surface area contributed by atoms with E-state index in [-0.39, 0.29) is 11.8 Å². The van der Waals surface area contributed by atoms with Gasteiger partial charge in [-0.2, -0.15) is 0 Å². The summed E-state index contributed by atoms with van der Waals surface area (Å²) in [5.41, 5.74) is 2.45. The van der Waals surface area contributed by atoms with Crippen molar-refractivity contribution in [2.75, 3.05) is 0 Å². The van der Waals surface area contributed by atoms with Crippen LogP contribution >= 0.6 is 0 Å². The van der Waals surface area contributed by atoms with E-state index in [0.29, 0.717) is 22.5 Å². The summed E-state index contributed by atoms with van der Waals surface area (Å²) >= 11 is 0. The van der Waals surface area contributed by atoms with Gasteiger partial charge in [0.25, 0.3) is 0 Å². The summed E-state index contributed by atoms with van der Waals surface area (Å²) < 4.78 is -0.461. The Balaban J connectivity index is 1.94. The summed E-state index contributed by atoms with van der Waals surface area (Å²) in [6.45, 7) is 0. The monoisotopic (exact) mass is 350 g/mol. The molecule has 0 atom stereocenters. The van der Waals surface area contributed by atoms with Crippen molar-refractivity contribution in [3.8, 4) is 0 Å². The molecule has 4 aromatic carbocycles. The van der Waals surface area contributed by atoms with Crippen LogP contribution < -0.4 is 4.48 Å². The van der Waals surface area contributed by atoms with Crippen LogP contribution in [0.25, 0.3) is 10.8 Å². The fourth-order valence-corrected chi connectivity index (χ4v) is 4.07. The molecule has 0 bridgehead atoms. The Bertz CT molecular complexity index is 1100. The smallest absolute Gasteiger partial charge is 0.224 e. The van der Waals surface area contributed by atoms with Gasteiger partial charge < -0.3 is 0 Å². The molecule has 3 heteroatoms. The number of quaternary nitrogens is 1. The van der Waals surface area contributed by atoms with E-state index >= 15 is 0 Å². The fraction of sp³-hybridized carbons (Fsp3) is 0. The molecule has 0 fully saturated rings. The zero-order valence-corrected chi connectivity index (χ0v) is 14.5. The minimum absolute atomic E-state index is 0.221. The van der Waals surface area contributed by atoms with E-state index in [4.69, 9.17) is 0 Å². The molecule has 5 rings (SSSR count). The number of hydrogen-bond acceptors (Lipinski definition) is 2. The van der Waals surface area contributed by atoms with Crippen LogP contribution in [0, 0.1) is 0 Å². The average molecular weight is 350 g/mol. The number of imide groups is 1. The van der Waals surface area contributed by atoms with Gasteiger partial charge in [0.05, 0.1) is 11.1 Å². The standard InChI is InChI=1S/C24H16NO2/c26-23-20-15-7-9-17-10-8-16-21(22(17)20)24(27)25(23,18-11-3-1-4-12-18)19-13-5-2-6-14-19/h1-16H/q+1. The Morgan fingerprint density at radius 1 is 0.481 bits per heavy atom. The number of hydrogen-bond donors (Lipinski definition) is 0. The van der Waals surface area contributed by atoms with Gasteiger partial charge in [-0.05, 0) is 17.5 Å². The third-order valence-electron chi connectivity index (χ3n) is 5.26. The van der Waals surface area contributed by atoms with Gasteiger partial charge in [0.1, 0.15) is 0 Å². The summed E-state index contributed by atoms with van der Waals surface area (Å²) in [6.07, 6.45) is 0. The molecule has 4 aromatic rings. The molecule has 0 saturated heterocycles. The van der Waals surface area contributed by atoms with Crippen molar-refractivity contribution in [2.45, 2.75) is 0 Å². The summed E-state index contributed by atoms with van der Waals surface area (Å²) in [7, 11) is 0. The minimum Gasteiger partial charge on any atom is -0.224 e. The first kappa shape index (κ1) is 15.7. The summed E-state index contributed by atoms with van der Waals surface area (Å²) in [6, 6.07) is 29.9. The number of carbonyl (C=O) groups is 2. The molecule has 0 unspecified atom stereocenters. The molecule has 128 valence electrons. The zero-order valence-electron chi connectivity index (χ0n) is 14.5. The van der Waals surface area contributed by atoms with Gasteiger partial charge in [-0.25, -0.2) is 9.59 Å². The lowest BCUT2D eigenvalue weighted by Crippen LogP contribution is -2.56. The quantitative estimate of drug-likeness (QED) is 0.355. The largest absolute Gasteiger partial charge is 0.364 e. The lowest BCUT2D eigenvalue weighted by atomic mass is 9.91. The van der Waals surface area contributed by atoms with E-state index in [1.165, 1.54) is 0 Å². The Morgan fingerprint density at radius 2 is 0.926 bits per heavy atom. The number of amides is 2. The normalized spacial score (nSPS) is 15.1. The maximum Gasteiger partial charge on any atom is 0.364 e. The fourth-order valence-electron chi connectivity index (χ4n) is 4.07. The molecular weight excluding hydrogens is 334 g/mol. The molecule has 3 nitrogen and oxygen atoms in total. The number of benzene rings is 4. The highest BCUT2D eigenvalue weighted by molar-refractivity contribution is 6.34. The van der Waals surface area contributed by atoms with E-state index < -0.39 is 4.48 Å². The topological polar surface area (TPSA) is 34.1 Å². The van der Waals surface area contributed by atoms with Crippen molar-refractivity contribution in [2.24, 2.45) is 0 Å². The second kappa shape index (κ2) is 5.73. The van der Waals surface area contributed by atoms with Crippen LogP contribution in [0.15, 0.2) is 97.1 Å². The molecular formula is C24H16NO2+. The molecule has 0 aliphatic carbocycles. The van der Waals surface area contributed by atoms with Crippen molar-refractivity contribution in [1.29, 1.82) is 0 Å². The van der Waals surface area contributed by atoms with Gasteiger partial charge in [-0.1, -0.05) is 60.7 Å². The van der Waals surface area contributed by atoms with Crippen molar-refractivity contribution in [1.82, 2.24) is 4.48 Å². The highest BCUT2D eigenvalue weighted by atomic mass is 16.2. The molecule has 1 aliphatic heterocycles. The summed E-state index contributed by atoms with van der Waals surface area (Å²) in [4.78, 5) is 27.8. The minimum atomic E-state index is -0.461. The Labute approximate surface area is 156 Å². The number of nitrogens with zero attached hydrogens (tertiary/aromatic N) is 1. The van der Waals surface area contributed by atoms with Crippen LogP contribution in [0.4, 0.5) is 11.4 Å². The van der Waals surface area contributed by atoms with E-state index in [2.05, 4.69) is 0 Å². The molecule has 1 heterocycles. The van der Waals surface area contributed by atoms with Crippen LogP contribution in [-0.2, 0) is 0 Å². The molecule has 27 heavy (non-hydrogen) atoms. The lowest BCUT2D eigenvalue weighted by molar-refractivity contribution is 0.0694. The first-order valence-electron chi connectivity index (χ1n) is 8.86. The molecule has 0 radical (unpaired) electrons. The van der Waals surface area contributed by atoms with E-state index in [9.17, 15) is 9.59 Å². The molecule has 0 aromatic heterocycles. The van der Waals surface area contributed by atoms with Crippen LogP contribution in [0.1, 0.15) is 20.7 Å². The molecule has 2 amide bonds. The van der Waals surface area contributed by atoms with Gasteiger partial charge in [-0.15, -0.1) is 4.48 Å². The second-order valence-corrected chi connectivity index (χ2v) is 6.66. The highest BCUT2D eigenvalue weighted by Gasteiger charge is 2.54. The van der Waals surface area contributed by atoms with Crippen molar-refractivity contribution < 1.29 is 9.59 Å². The predicted molar refractivity (Wildman–Crippen MR) is 107 cm³/mol. The lowest BCUT2D eigenvalue weighted by Gasteiger charge is -2.35. The van der Waals surface area contributed by atoms with Crippen LogP contribution in [0.3, 0.4) is 0 Å². The highest BCUT2D eigenvalue weighted by Crippen LogP contribution is 2.44. The molecule has 0 saturated carbocycles. The van der Waals surface area contributed by atoms with Crippen LogP contribution in [0.5, 0.6) is 0 Å². The maximum absolute atomic E-state index is 13.9. The Kier molecular flexibility index (Phi) is 3.33. The average Bonchev–Trinajstić information content (AvgIpc) is 2.74. The van der Waals surface area contributed by atoms with E-state index in [1.807, 2.05) is 97.1 Å². The van der Waals surface area contributed by atoms with Crippen molar-refractivity contribution >= 4 is 34.0 Å². The maximum atomic E-state index is 13.9. The van der Waals surface area contributed by atoms with Gasteiger partial charge in [0.2, 0.25) is 0 Å². The molecule has 1 aliphatic rings. The van der Waals surface area contributed by atoms with Crippen LogP contribution in [0.2, 0.25) is 0 Å². The van der Waals surface area contributed by atoms with E-state index in [0.717, 1.165) is 10.8 Å². The first-order chi connectivity index (χ1) is 13.2. The van der Waals surface area contributed by atoms with Crippen LogP contribution in [-0.4, -0.2) is 11.8 Å². The Hall–Kier alpha value is -3.56. The summed E-state index contributed by atoms with van der Waals surface area (Å²) in [5, 5.41) is 1.65. The number of carbonyl (C=O) groups excluding carboxylic acids is 2. The van der Waals surface area contributed by atoms with E-state index in [1.54, 1.807) is 0 Å². The first-order valence-corrected chi connectivity index (χ1v) is 8.86. The van der Waals surface area contributed by atoms with Gasteiger partial charge in [-0.3, -0.25) is 0 Å². The molecule has 0 spiro atoms. The van der Waals surface area contributed by atoms with Gasteiger partial charge in [0, 0.05) is 29.7 Å².